The van der Waals surface area contributed by atoms with Gasteiger partial charge in [0.2, 0.25) is 0 Å². The molecule has 2 amide bonds. The van der Waals surface area contributed by atoms with E-state index < -0.39 is 11.8 Å². The zero-order valence-electron chi connectivity index (χ0n) is 22.5. The van der Waals surface area contributed by atoms with Gasteiger partial charge in [0.25, 0.3) is 11.8 Å². The van der Waals surface area contributed by atoms with Crippen LogP contribution in [-0.4, -0.2) is 23.0 Å². The second kappa shape index (κ2) is 9.68. The van der Waals surface area contributed by atoms with Gasteiger partial charge in [0, 0.05) is 22.4 Å². The second-order valence-corrected chi connectivity index (χ2v) is 11.5. The maximum atomic E-state index is 14.0. The summed E-state index contributed by atoms with van der Waals surface area (Å²) in [5.41, 5.74) is 6.25. The largest absolute Gasteiger partial charge is 0.488 e. The maximum Gasteiger partial charge on any atom is 0.254 e. The minimum Gasteiger partial charge on any atom is -0.488 e. The molecule has 1 heterocycles. The molecule has 3 aliphatic carbocycles. The monoisotopic (exact) mass is 568 g/mol. The Bertz CT molecular complexity index is 1820. The van der Waals surface area contributed by atoms with Crippen LogP contribution in [0.1, 0.15) is 45.2 Å². The summed E-state index contributed by atoms with van der Waals surface area (Å²) in [7, 11) is 0. The van der Waals surface area contributed by atoms with Crippen molar-refractivity contribution in [2.24, 2.45) is 16.9 Å². The molecule has 0 spiro atoms. The molecule has 6 heteroatoms. The highest BCUT2D eigenvalue weighted by molar-refractivity contribution is 6.30. The predicted octanol–water partition coefficient (Wildman–Crippen LogP) is 7.30. The van der Waals surface area contributed by atoms with Crippen molar-refractivity contribution in [3.63, 3.8) is 0 Å². The number of carbonyl (C=O) groups is 2. The summed E-state index contributed by atoms with van der Waals surface area (Å²) in [6, 6.07) is 35.8. The van der Waals surface area contributed by atoms with E-state index in [-0.39, 0.29) is 23.7 Å². The third-order valence-electron chi connectivity index (χ3n) is 8.97. The molecular formula is C36H25ClN2O3. The number of ether oxygens (including phenoxy) is 1. The molecule has 5 aromatic rings. The number of benzene rings is 5. The molecule has 9 rings (SSSR count). The Morgan fingerprint density at radius 1 is 0.690 bits per heavy atom. The summed E-state index contributed by atoms with van der Waals surface area (Å²) in [4.78, 5) is 28.0. The van der Waals surface area contributed by atoms with Crippen molar-refractivity contribution >= 4 is 40.4 Å². The zero-order valence-corrected chi connectivity index (χ0v) is 23.2. The molecule has 2 bridgehead atoms. The number of hydrogen-bond acceptors (Lipinski definition) is 4. The minimum absolute atomic E-state index is 0.167. The number of halogens is 1. The number of fused-ring (bicyclic) bond motifs is 1. The van der Waals surface area contributed by atoms with E-state index in [4.69, 9.17) is 16.3 Å². The summed E-state index contributed by atoms with van der Waals surface area (Å²) < 4.78 is 6.24. The van der Waals surface area contributed by atoms with Gasteiger partial charge in [-0.15, -0.1) is 0 Å². The summed E-state index contributed by atoms with van der Waals surface area (Å²) in [6.45, 7) is 0.335. The Hall–Kier alpha value is -4.74. The number of hydrogen-bond donors (Lipinski definition) is 0. The van der Waals surface area contributed by atoms with Crippen molar-refractivity contribution in [2.45, 2.75) is 18.4 Å². The van der Waals surface area contributed by atoms with Gasteiger partial charge in [-0.1, -0.05) is 103 Å². The summed E-state index contributed by atoms with van der Waals surface area (Å²) >= 11 is 6.05. The van der Waals surface area contributed by atoms with Gasteiger partial charge in [-0.05, 0) is 56.8 Å². The first kappa shape index (κ1) is 25.0. The topological polar surface area (TPSA) is 59.0 Å². The van der Waals surface area contributed by atoms with Crippen LogP contribution in [0.3, 0.4) is 0 Å². The van der Waals surface area contributed by atoms with Crippen molar-refractivity contribution in [3.8, 4) is 5.75 Å². The SMILES string of the molecule is O=C1[C@H]2C3c4ccccc4C(c4ccccc43)[C@@H]2C(=O)N1/N=C\c1c(OCc2ccc(Cl)cc2)ccc2ccccc12. The first-order valence-electron chi connectivity index (χ1n) is 14.1. The van der Waals surface area contributed by atoms with Crippen molar-refractivity contribution in [1.82, 2.24) is 5.01 Å². The lowest BCUT2D eigenvalue weighted by Crippen LogP contribution is -2.41. The predicted molar refractivity (Wildman–Crippen MR) is 163 cm³/mol. The van der Waals surface area contributed by atoms with Gasteiger partial charge in [-0.3, -0.25) is 9.59 Å². The molecule has 5 nitrogen and oxygen atoms in total. The van der Waals surface area contributed by atoms with Crippen LogP contribution in [-0.2, 0) is 16.2 Å². The lowest BCUT2D eigenvalue weighted by atomic mass is 9.55. The van der Waals surface area contributed by atoms with Crippen LogP contribution >= 0.6 is 11.6 Å². The van der Waals surface area contributed by atoms with Gasteiger partial charge < -0.3 is 4.74 Å². The summed E-state index contributed by atoms with van der Waals surface area (Å²) in [6.07, 6.45) is 1.61. The lowest BCUT2D eigenvalue weighted by molar-refractivity contribution is -0.139. The van der Waals surface area contributed by atoms with Crippen molar-refractivity contribution < 1.29 is 14.3 Å². The van der Waals surface area contributed by atoms with Crippen LogP contribution in [0.5, 0.6) is 5.75 Å². The molecule has 204 valence electrons. The van der Waals surface area contributed by atoms with E-state index in [1.807, 2.05) is 84.9 Å². The quantitative estimate of drug-likeness (QED) is 0.165. The van der Waals surface area contributed by atoms with Crippen LogP contribution in [0.2, 0.25) is 5.02 Å². The molecule has 1 fully saturated rings. The molecule has 4 aliphatic rings. The molecule has 5 aromatic carbocycles. The molecule has 42 heavy (non-hydrogen) atoms. The Morgan fingerprint density at radius 3 is 1.83 bits per heavy atom. The molecule has 2 atom stereocenters. The van der Waals surface area contributed by atoms with E-state index in [0.717, 1.165) is 43.6 Å². The summed E-state index contributed by atoms with van der Waals surface area (Å²) in [5, 5.41) is 8.30. The van der Waals surface area contributed by atoms with Crippen LogP contribution < -0.4 is 4.74 Å². The molecule has 1 aliphatic heterocycles. The normalized spacial score (nSPS) is 22.0. The van der Waals surface area contributed by atoms with E-state index in [2.05, 4.69) is 29.4 Å². The fraction of sp³-hybridized carbons (Fsp3) is 0.139. The summed E-state index contributed by atoms with van der Waals surface area (Å²) in [5.74, 6) is -1.16. The van der Waals surface area contributed by atoms with Crippen molar-refractivity contribution in [3.05, 3.63) is 148 Å². The third-order valence-corrected chi connectivity index (χ3v) is 9.22. The molecule has 0 unspecified atom stereocenters. The fourth-order valence-electron chi connectivity index (χ4n) is 7.17. The molecule has 1 saturated heterocycles. The first-order valence-corrected chi connectivity index (χ1v) is 14.5. The van der Waals surface area contributed by atoms with Crippen LogP contribution in [0.25, 0.3) is 10.8 Å². The Morgan fingerprint density at radius 2 is 1.24 bits per heavy atom. The fourth-order valence-corrected chi connectivity index (χ4v) is 7.29. The lowest BCUT2D eigenvalue weighted by Gasteiger charge is -2.45. The molecular weight excluding hydrogens is 544 g/mol. The average molecular weight is 569 g/mol. The van der Waals surface area contributed by atoms with Gasteiger partial charge in [0.05, 0.1) is 18.1 Å². The number of rotatable bonds is 5. The number of nitrogens with zero attached hydrogens (tertiary/aromatic N) is 2. The van der Waals surface area contributed by atoms with Crippen molar-refractivity contribution in [2.75, 3.05) is 0 Å². The van der Waals surface area contributed by atoms with Crippen LogP contribution in [0, 0.1) is 11.8 Å². The molecule has 0 saturated carbocycles. The smallest absolute Gasteiger partial charge is 0.254 e. The third kappa shape index (κ3) is 3.74. The van der Waals surface area contributed by atoms with E-state index in [1.54, 1.807) is 6.21 Å². The van der Waals surface area contributed by atoms with Gasteiger partial charge in [0.15, 0.2) is 0 Å². The van der Waals surface area contributed by atoms with Gasteiger partial charge >= 0.3 is 0 Å². The Labute approximate surface area is 248 Å². The molecule has 0 N–H and O–H groups in total. The average Bonchev–Trinajstić information content (AvgIpc) is 3.29. The van der Waals surface area contributed by atoms with Gasteiger partial charge in [-0.2, -0.15) is 10.1 Å². The van der Waals surface area contributed by atoms with E-state index in [0.29, 0.717) is 22.9 Å². The zero-order chi connectivity index (χ0) is 28.4. The highest BCUT2D eigenvalue weighted by atomic mass is 35.5. The number of carbonyl (C=O) groups excluding carboxylic acids is 2. The van der Waals surface area contributed by atoms with Gasteiger partial charge in [0.1, 0.15) is 12.4 Å². The minimum atomic E-state index is -0.474. The van der Waals surface area contributed by atoms with Gasteiger partial charge in [-0.25, -0.2) is 0 Å². The number of imide groups is 1. The standard InChI is InChI=1S/C36H25ClN2O3/c37-23-16-13-21(14-17-23)20-42-30-18-15-22-7-1-2-8-24(22)29(30)19-38-39-35(40)33-31-25-9-3-4-10-26(25)32(34(33)36(39)41)28-12-6-5-11-27(28)31/h1-19,31-34H,20H2/b38-19-/t31?,32?,33-,34-/m0/s1. The number of amides is 2. The Balaban J connectivity index is 1.17. The Kier molecular flexibility index (Phi) is 5.76. The highest BCUT2D eigenvalue weighted by Crippen LogP contribution is 2.61. The van der Waals surface area contributed by atoms with Crippen LogP contribution in [0.4, 0.5) is 0 Å². The maximum absolute atomic E-state index is 14.0. The molecule has 0 radical (unpaired) electrons. The van der Waals surface area contributed by atoms with Crippen LogP contribution in [0.15, 0.2) is 114 Å². The number of hydrazone groups is 1. The second-order valence-electron chi connectivity index (χ2n) is 11.1. The molecule has 0 aromatic heterocycles. The van der Waals surface area contributed by atoms with E-state index in [1.165, 1.54) is 0 Å². The van der Waals surface area contributed by atoms with Crippen molar-refractivity contribution in [1.29, 1.82) is 0 Å². The van der Waals surface area contributed by atoms with E-state index >= 15 is 0 Å². The first-order chi connectivity index (χ1) is 20.6. The van der Waals surface area contributed by atoms with E-state index in [9.17, 15) is 9.59 Å². The highest BCUT2D eigenvalue weighted by Gasteiger charge is 2.61.